The van der Waals surface area contributed by atoms with Crippen LogP contribution in [0.5, 0.6) is 0 Å². The van der Waals surface area contributed by atoms with E-state index in [0.29, 0.717) is 12.0 Å². The Bertz CT molecular complexity index is 360. The molecule has 3 fully saturated rings. The van der Waals surface area contributed by atoms with Crippen LogP contribution < -0.4 is 0 Å². The smallest absolute Gasteiger partial charge is 0.310 e. The molecule has 2 saturated carbocycles. The number of hydrogen-bond donors (Lipinski definition) is 1. The highest BCUT2D eigenvalue weighted by Gasteiger charge is 2.46. The lowest BCUT2D eigenvalue weighted by Gasteiger charge is -2.41. The number of fused-ring (bicyclic) bond motifs is 1. The topological polar surface area (TPSA) is 40.5 Å². The van der Waals surface area contributed by atoms with Crippen LogP contribution in [0.4, 0.5) is 0 Å². The first-order valence-corrected chi connectivity index (χ1v) is 8.58. The number of nitrogens with zero attached hydrogens (tertiary/aromatic N) is 1. The average Bonchev–Trinajstić information content (AvgIpc) is 2.85. The maximum Gasteiger partial charge on any atom is 0.310 e. The van der Waals surface area contributed by atoms with Gasteiger partial charge in [0.1, 0.15) is 0 Å². The molecule has 20 heavy (non-hydrogen) atoms. The van der Waals surface area contributed by atoms with E-state index in [1.54, 1.807) is 0 Å². The third-order valence-electron chi connectivity index (χ3n) is 6.32. The van der Waals surface area contributed by atoms with Gasteiger partial charge in [-0.25, -0.2) is 0 Å². The largest absolute Gasteiger partial charge is 0.481 e. The number of rotatable bonds is 3. The zero-order valence-corrected chi connectivity index (χ0v) is 12.8. The van der Waals surface area contributed by atoms with Crippen LogP contribution >= 0.6 is 0 Å². The highest BCUT2D eigenvalue weighted by molar-refractivity contribution is 5.75. The first kappa shape index (κ1) is 14.4. The molecule has 3 aliphatic rings. The number of hydrogen-bond acceptors (Lipinski definition) is 2. The summed E-state index contributed by atoms with van der Waals surface area (Å²) in [6.07, 6.45) is 10.7. The Labute approximate surface area is 122 Å². The molecule has 1 N–H and O–H groups in total. The van der Waals surface area contributed by atoms with E-state index in [2.05, 4.69) is 11.8 Å². The van der Waals surface area contributed by atoms with Gasteiger partial charge in [-0.1, -0.05) is 19.8 Å². The normalized spacial score (nSPS) is 42.4. The van der Waals surface area contributed by atoms with Gasteiger partial charge in [0.25, 0.3) is 0 Å². The Balaban J connectivity index is 1.69. The highest BCUT2D eigenvalue weighted by atomic mass is 16.4. The minimum Gasteiger partial charge on any atom is -0.481 e. The van der Waals surface area contributed by atoms with Gasteiger partial charge in [0.15, 0.2) is 0 Å². The van der Waals surface area contributed by atoms with Crippen molar-refractivity contribution in [2.45, 2.75) is 70.8 Å². The molecule has 114 valence electrons. The van der Waals surface area contributed by atoms with Crippen molar-refractivity contribution in [3.05, 3.63) is 0 Å². The summed E-state index contributed by atoms with van der Waals surface area (Å²) in [5.41, 5.74) is -0.446. The van der Waals surface area contributed by atoms with E-state index in [-0.39, 0.29) is 0 Å². The minimum atomic E-state index is -0.538. The average molecular weight is 279 g/mol. The van der Waals surface area contributed by atoms with Gasteiger partial charge >= 0.3 is 5.97 Å². The molecular formula is C17H29NO2. The van der Waals surface area contributed by atoms with Crippen molar-refractivity contribution in [1.29, 1.82) is 0 Å². The summed E-state index contributed by atoms with van der Waals surface area (Å²) in [6, 6.07) is 0.694. The summed E-state index contributed by atoms with van der Waals surface area (Å²) in [5.74, 6) is 1.03. The Morgan fingerprint density at radius 1 is 1.15 bits per heavy atom. The number of carboxylic acids is 1. The van der Waals surface area contributed by atoms with E-state index in [4.69, 9.17) is 0 Å². The Morgan fingerprint density at radius 2 is 1.85 bits per heavy atom. The van der Waals surface area contributed by atoms with E-state index in [1.165, 1.54) is 32.1 Å². The molecule has 2 unspecified atom stereocenters. The number of likely N-dealkylation sites (tertiary alicyclic amines) is 1. The molecular weight excluding hydrogens is 250 g/mol. The van der Waals surface area contributed by atoms with Gasteiger partial charge in [0, 0.05) is 12.6 Å². The molecule has 3 heteroatoms. The van der Waals surface area contributed by atoms with E-state index in [1.807, 2.05) is 0 Å². The lowest BCUT2D eigenvalue weighted by Crippen LogP contribution is -2.48. The van der Waals surface area contributed by atoms with Crippen LogP contribution in [-0.4, -0.2) is 35.1 Å². The fourth-order valence-corrected chi connectivity index (χ4v) is 4.84. The molecule has 0 amide bonds. The second-order valence-electron chi connectivity index (χ2n) is 7.64. The maximum absolute atomic E-state index is 11.9. The zero-order chi connectivity index (χ0) is 14.2. The lowest BCUT2D eigenvalue weighted by atomic mass is 9.70. The predicted molar refractivity (Wildman–Crippen MR) is 79.6 cm³/mol. The Hall–Kier alpha value is -0.570. The molecule has 1 aliphatic heterocycles. The molecule has 3 nitrogen and oxygen atoms in total. The van der Waals surface area contributed by atoms with Crippen LogP contribution in [0.15, 0.2) is 0 Å². The van der Waals surface area contributed by atoms with Crippen LogP contribution in [0.3, 0.4) is 0 Å². The van der Waals surface area contributed by atoms with Gasteiger partial charge in [0.05, 0.1) is 5.41 Å². The highest BCUT2D eigenvalue weighted by Crippen LogP contribution is 2.43. The molecule has 0 aromatic heterocycles. The lowest BCUT2D eigenvalue weighted by molar-refractivity contribution is -0.153. The van der Waals surface area contributed by atoms with Crippen LogP contribution in [-0.2, 0) is 4.79 Å². The Morgan fingerprint density at radius 3 is 2.55 bits per heavy atom. The van der Waals surface area contributed by atoms with Gasteiger partial charge in [-0.05, 0) is 63.3 Å². The molecule has 1 heterocycles. The number of aliphatic carboxylic acids is 1. The summed E-state index contributed by atoms with van der Waals surface area (Å²) in [6.45, 7) is 4.22. The third-order valence-corrected chi connectivity index (χ3v) is 6.32. The third kappa shape index (κ3) is 2.61. The van der Waals surface area contributed by atoms with Crippen molar-refractivity contribution in [1.82, 2.24) is 4.90 Å². The van der Waals surface area contributed by atoms with Crippen molar-refractivity contribution >= 4 is 5.97 Å². The van der Waals surface area contributed by atoms with E-state index in [9.17, 15) is 9.90 Å². The van der Waals surface area contributed by atoms with Crippen LogP contribution in [0, 0.1) is 17.3 Å². The van der Waals surface area contributed by atoms with Crippen molar-refractivity contribution in [2.24, 2.45) is 17.3 Å². The van der Waals surface area contributed by atoms with E-state index >= 15 is 0 Å². The minimum absolute atomic E-state index is 0.446. The van der Waals surface area contributed by atoms with Crippen molar-refractivity contribution < 1.29 is 9.90 Å². The van der Waals surface area contributed by atoms with Crippen molar-refractivity contribution in [3.8, 4) is 0 Å². The fraction of sp³-hybridized carbons (Fsp3) is 0.941. The monoisotopic (exact) mass is 279 g/mol. The Kier molecular flexibility index (Phi) is 4.07. The zero-order valence-electron chi connectivity index (χ0n) is 12.8. The first-order valence-electron chi connectivity index (χ1n) is 8.58. The van der Waals surface area contributed by atoms with E-state index < -0.39 is 11.4 Å². The second kappa shape index (κ2) is 5.67. The first-order chi connectivity index (χ1) is 9.61. The van der Waals surface area contributed by atoms with Gasteiger partial charge in [-0.15, -0.1) is 0 Å². The summed E-state index contributed by atoms with van der Waals surface area (Å²) in [4.78, 5) is 14.5. The maximum atomic E-state index is 11.9. The van der Waals surface area contributed by atoms with Gasteiger partial charge in [0.2, 0.25) is 0 Å². The van der Waals surface area contributed by atoms with Gasteiger partial charge in [-0.2, -0.15) is 0 Å². The molecule has 2 aliphatic carbocycles. The summed E-state index contributed by atoms with van der Waals surface area (Å²) in [7, 11) is 0. The van der Waals surface area contributed by atoms with Gasteiger partial charge < -0.3 is 5.11 Å². The molecule has 0 radical (unpaired) electrons. The molecule has 1 saturated heterocycles. The fourth-order valence-electron chi connectivity index (χ4n) is 4.84. The summed E-state index contributed by atoms with van der Waals surface area (Å²) >= 11 is 0. The molecule has 0 bridgehead atoms. The van der Waals surface area contributed by atoms with E-state index in [0.717, 1.165) is 44.7 Å². The van der Waals surface area contributed by atoms with Crippen molar-refractivity contribution in [2.75, 3.05) is 13.1 Å². The summed E-state index contributed by atoms with van der Waals surface area (Å²) in [5, 5.41) is 9.80. The second-order valence-corrected chi connectivity index (χ2v) is 7.64. The number of carbonyl (C=O) groups is 1. The molecule has 0 aromatic carbocycles. The summed E-state index contributed by atoms with van der Waals surface area (Å²) < 4.78 is 0. The molecule has 0 spiro atoms. The van der Waals surface area contributed by atoms with Crippen molar-refractivity contribution in [3.63, 3.8) is 0 Å². The van der Waals surface area contributed by atoms with Crippen LogP contribution in [0.25, 0.3) is 0 Å². The molecule has 2 atom stereocenters. The molecule has 3 rings (SSSR count). The molecule has 0 aromatic rings. The predicted octanol–water partition coefficient (Wildman–Crippen LogP) is 3.53. The van der Waals surface area contributed by atoms with Crippen LogP contribution in [0.2, 0.25) is 0 Å². The van der Waals surface area contributed by atoms with Gasteiger partial charge in [-0.3, -0.25) is 9.69 Å². The SMILES string of the molecule is CC1CCC(CN2CCC3CCCCC32)(C(=O)O)CC1. The van der Waals surface area contributed by atoms with Crippen LogP contribution in [0.1, 0.15) is 64.7 Å². The quantitative estimate of drug-likeness (QED) is 0.859. The standard InChI is InChI=1S/C17H29NO2/c1-13-6-9-17(10-7-13,16(19)20)12-18-11-8-14-4-2-3-5-15(14)18/h13-15H,2-12H2,1H3,(H,19,20). The number of carboxylic acid groups (broad SMARTS) is 1.